The van der Waals surface area contributed by atoms with Gasteiger partial charge in [0.05, 0.1) is 19.0 Å². The maximum atomic E-state index is 5.21. The predicted molar refractivity (Wildman–Crippen MR) is 99.7 cm³/mol. The molecule has 2 heterocycles. The summed E-state index contributed by atoms with van der Waals surface area (Å²) in [6.07, 6.45) is 5.14. The van der Waals surface area contributed by atoms with Gasteiger partial charge in [0.2, 0.25) is 5.95 Å². The molecular formula is C18H23N7O. The lowest BCUT2D eigenvalue weighted by molar-refractivity contribution is 0.297. The Morgan fingerprint density at radius 2 is 2.00 bits per heavy atom. The van der Waals surface area contributed by atoms with Crippen LogP contribution in [0.4, 0.5) is 5.95 Å². The molecule has 1 N–H and O–H groups in total. The van der Waals surface area contributed by atoms with Crippen LogP contribution >= 0.6 is 0 Å². The number of aromatic nitrogens is 5. The molecule has 0 saturated heterocycles. The Morgan fingerprint density at radius 3 is 2.69 bits per heavy atom. The fraction of sp³-hybridized carbons (Fsp3) is 0.444. The molecule has 1 aliphatic rings. The zero-order chi connectivity index (χ0) is 18.1. The third-order valence-electron chi connectivity index (χ3n) is 4.98. The smallest absolute Gasteiger partial charge is 0.225 e. The van der Waals surface area contributed by atoms with Crippen LogP contribution in [-0.2, 0) is 0 Å². The molecular weight excluding hydrogens is 330 g/mol. The second-order valence-electron chi connectivity index (χ2n) is 6.87. The number of methoxy groups -OCH3 is 1. The van der Waals surface area contributed by atoms with Crippen LogP contribution in [0.3, 0.4) is 0 Å². The first kappa shape index (κ1) is 16.7. The van der Waals surface area contributed by atoms with Crippen molar-refractivity contribution < 1.29 is 4.74 Å². The minimum Gasteiger partial charge on any atom is -0.497 e. The average molecular weight is 353 g/mol. The highest BCUT2D eigenvalue weighted by Gasteiger charge is 2.26. The number of hydrogen-bond donors (Lipinski definition) is 1. The normalized spacial score (nSPS) is 20.0. The minimum absolute atomic E-state index is 0.394. The van der Waals surface area contributed by atoms with Crippen LogP contribution in [0.15, 0.2) is 30.5 Å². The molecule has 0 spiro atoms. The van der Waals surface area contributed by atoms with Gasteiger partial charge in [-0.15, -0.1) is 5.10 Å². The highest BCUT2D eigenvalue weighted by atomic mass is 16.5. The van der Waals surface area contributed by atoms with Crippen LogP contribution < -0.4 is 10.1 Å². The maximum Gasteiger partial charge on any atom is 0.225 e. The largest absolute Gasteiger partial charge is 0.497 e. The summed E-state index contributed by atoms with van der Waals surface area (Å²) in [4.78, 5) is 11.3. The Morgan fingerprint density at radius 1 is 1.19 bits per heavy atom. The topological polar surface area (TPSA) is 81.0 Å². The number of nitrogens with zero attached hydrogens (tertiary/aromatic N) is 6. The molecule has 1 aliphatic carbocycles. The molecule has 4 rings (SSSR count). The molecule has 1 aromatic carbocycles. The van der Waals surface area contributed by atoms with Crippen molar-refractivity contribution in [1.29, 1.82) is 0 Å². The van der Waals surface area contributed by atoms with Crippen LogP contribution in [0, 0.1) is 0 Å². The fourth-order valence-corrected chi connectivity index (χ4v) is 3.44. The fourth-order valence-electron chi connectivity index (χ4n) is 3.44. The van der Waals surface area contributed by atoms with Crippen LogP contribution in [0.1, 0.15) is 19.3 Å². The Labute approximate surface area is 152 Å². The SMILES string of the molecule is COc1ccc(-n2nnc3cnc(N[C@@H]4CC[C@H](N(C)C)C4)nc32)cc1. The molecule has 0 bridgehead atoms. The first-order valence-corrected chi connectivity index (χ1v) is 8.80. The summed E-state index contributed by atoms with van der Waals surface area (Å²) in [7, 11) is 5.91. The monoisotopic (exact) mass is 353 g/mol. The summed E-state index contributed by atoms with van der Waals surface area (Å²) in [6, 6.07) is 8.65. The van der Waals surface area contributed by atoms with Crippen molar-refractivity contribution in [3.8, 4) is 11.4 Å². The molecule has 8 heteroatoms. The van der Waals surface area contributed by atoms with E-state index in [-0.39, 0.29) is 0 Å². The van der Waals surface area contributed by atoms with Crippen molar-refractivity contribution in [3.05, 3.63) is 30.5 Å². The lowest BCUT2D eigenvalue weighted by Gasteiger charge is -2.19. The van der Waals surface area contributed by atoms with Gasteiger partial charge in [-0.2, -0.15) is 9.67 Å². The molecule has 0 aliphatic heterocycles. The van der Waals surface area contributed by atoms with E-state index in [0.29, 0.717) is 29.2 Å². The quantitative estimate of drug-likeness (QED) is 0.752. The molecule has 136 valence electrons. The summed E-state index contributed by atoms with van der Waals surface area (Å²) in [5, 5.41) is 11.9. The van der Waals surface area contributed by atoms with Crippen LogP contribution in [0.5, 0.6) is 5.75 Å². The number of rotatable bonds is 5. The van der Waals surface area contributed by atoms with E-state index in [2.05, 4.69) is 44.6 Å². The Hall–Kier alpha value is -2.74. The van der Waals surface area contributed by atoms with E-state index >= 15 is 0 Å². The minimum atomic E-state index is 0.394. The van der Waals surface area contributed by atoms with E-state index < -0.39 is 0 Å². The molecule has 2 aromatic heterocycles. The zero-order valence-electron chi connectivity index (χ0n) is 15.3. The summed E-state index contributed by atoms with van der Waals surface area (Å²) in [5.41, 5.74) is 2.24. The van der Waals surface area contributed by atoms with Gasteiger partial charge in [-0.25, -0.2) is 4.98 Å². The summed E-state index contributed by atoms with van der Waals surface area (Å²) in [6.45, 7) is 0. The number of hydrogen-bond acceptors (Lipinski definition) is 7. The van der Waals surface area contributed by atoms with Gasteiger partial charge in [-0.1, -0.05) is 5.21 Å². The Balaban J connectivity index is 1.58. The number of fused-ring (bicyclic) bond motifs is 1. The lowest BCUT2D eigenvalue weighted by atomic mass is 10.2. The molecule has 3 aromatic rings. The molecule has 1 saturated carbocycles. The standard InChI is InChI=1S/C18H23N7O/c1-24(2)14-5-4-12(10-14)20-18-19-11-16-17(21-18)25(23-22-16)13-6-8-15(26-3)9-7-13/h6-9,11-12,14H,4-5,10H2,1-3H3,(H,19,20,21)/t12-,14+/m1/s1. The van der Waals surface area contributed by atoms with Crippen molar-refractivity contribution in [2.75, 3.05) is 26.5 Å². The van der Waals surface area contributed by atoms with E-state index in [1.165, 1.54) is 6.42 Å². The van der Waals surface area contributed by atoms with Gasteiger partial charge in [-0.3, -0.25) is 0 Å². The maximum absolute atomic E-state index is 5.21. The lowest BCUT2D eigenvalue weighted by Crippen LogP contribution is -2.27. The van der Waals surface area contributed by atoms with E-state index in [0.717, 1.165) is 24.3 Å². The molecule has 26 heavy (non-hydrogen) atoms. The highest BCUT2D eigenvalue weighted by molar-refractivity contribution is 5.72. The van der Waals surface area contributed by atoms with Gasteiger partial charge >= 0.3 is 0 Å². The van der Waals surface area contributed by atoms with Crippen molar-refractivity contribution in [2.45, 2.75) is 31.3 Å². The Bertz CT molecular complexity index is 890. The van der Waals surface area contributed by atoms with Crippen LogP contribution in [0.2, 0.25) is 0 Å². The predicted octanol–water partition coefficient (Wildman–Crippen LogP) is 2.11. The zero-order valence-corrected chi connectivity index (χ0v) is 15.3. The third-order valence-corrected chi connectivity index (χ3v) is 4.98. The average Bonchev–Trinajstić information content (AvgIpc) is 3.29. The second kappa shape index (κ2) is 6.87. The van der Waals surface area contributed by atoms with Crippen LogP contribution in [0.25, 0.3) is 16.9 Å². The number of ether oxygens (including phenoxy) is 1. The number of nitrogens with one attached hydrogen (secondary N) is 1. The van der Waals surface area contributed by atoms with Gasteiger partial charge in [-0.05, 0) is 57.6 Å². The molecule has 2 atom stereocenters. The van der Waals surface area contributed by atoms with E-state index in [4.69, 9.17) is 4.74 Å². The van der Waals surface area contributed by atoms with E-state index in [1.54, 1.807) is 18.0 Å². The van der Waals surface area contributed by atoms with Crippen LogP contribution in [-0.4, -0.2) is 63.2 Å². The first-order chi connectivity index (χ1) is 12.6. The van der Waals surface area contributed by atoms with Gasteiger partial charge in [0, 0.05) is 12.1 Å². The van der Waals surface area contributed by atoms with Crippen molar-refractivity contribution in [3.63, 3.8) is 0 Å². The summed E-state index contributed by atoms with van der Waals surface area (Å²) in [5.74, 6) is 1.42. The molecule has 0 unspecified atom stereocenters. The highest BCUT2D eigenvalue weighted by Crippen LogP contribution is 2.25. The van der Waals surface area contributed by atoms with E-state index in [9.17, 15) is 0 Å². The van der Waals surface area contributed by atoms with Crippen molar-refractivity contribution >= 4 is 17.1 Å². The number of anilines is 1. The Kier molecular flexibility index (Phi) is 4.42. The first-order valence-electron chi connectivity index (χ1n) is 8.80. The van der Waals surface area contributed by atoms with Gasteiger partial charge in [0.15, 0.2) is 11.2 Å². The van der Waals surface area contributed by atoms with Crippen molar-refractivity contribution in [1.82, 2.24) is 29.9 Å². The molecule has 0 amide bonds. The number of benzene rings is 1. The molecule has 1 fully saturated rings. The third kappa shape index (κ3) is 3.20. The molecule has 0 radical (unpaired) electrons. The summed E-state index contributed by atoms with van der Waals surface area (Å²) < 4.78 is 6.93. The van der Waals surface area contributed by atoms with Gasteiger partial charge in [0.1, 0.15) is 5.75 Å². The summed E-state index contributed by atoms with van der Waals surface area (Å²) >= 11 is 0. The van der Waals surface area contributed by atoms with Gasteiger partial charge in [0.25, 0.3) is 0 Å². The van der Waals surface area contributed by atoms with E-state index in [1.807, 2.05) is 24.3 Å². The van der Waals surface area contributed by atoms with Crippen molar-refractivity contribution in [2.24, 2.45) is 0 Å². The molecule has 8 nitrogen and oxygen atoms in total. The second-order valence-corrected chi connectivity index (χ2v) is 6.87. The van der Waals surface area contributed by atoms with Gasteiger partial charge < -0.3 is 15.0 Å².